The predicted molar refractivity (Wildman–Crippen MR) is 99.8 cm³/mol. The van der Waals surface area contributed by atoms with Gasteiger partial charge in [-0.1, -0.05) is 11.6 Å². The Kier molecular flexibility index (Phi) is 5.94. The molecule has 0 heterocycles. The van der Waals surface area contributed by atoms with E-state index in [1.165, 1.54) is 6.92 Å². The molecule has 0 aliphatic heterocycles. The smallest absolute Gasteiger partial charge is 0.303 e. The van der Waals surface area contributed by atoms with Crippen molar-refractivity contribution in [1.82, 2.24) is 0 Å². The lowest BCUT2D eigenvalue weighted by molar-refractivity contribution is -0.153. The molecule has 0 radical (unpaired) electrons. The van der Waals surface area contributed by atoms with E-state index >= 15 is 0 Å². The minimum Gasteiger partial charge on any atom is -0.487 e. The number of carbonyl (C=O) groups is 2. The zero-order valence-corrected chi connectivity index (χ0v) is 15.4. The molecule has 1 aliphatic carbocycles. The Morgan fingerprint density at radius 3 is 2.00 bits per heavy atom. The second kappa shape index (κ2) is 8.37. The van der Waals surface area contributed by atoms with E-state index in [-0.39, 0.29) is 24.0 Å². The van der Waals surface area contributed by atoms with Gasteiger partial charge >= 0.3 is 5.97 Å². The normalized spacial score (nSPS) is 19.6. The summed E-state index contributed by atoms with van der Waals surface area (Å²) in [6.07, 6.45) is 3.39. The van der Waals surface area contributed by atoms with Gasteiger partial charge in [0, 0.05) is 23.1 Å². The van der Waals surface area contributed by atoms with Crippen molar-refractivity contribution >= 4 is 23.4 Å². The lowest BCUT2D eigenvalue weighted by atomic mass is 9.94. The number of esters is 1. The fraction of sp³-hybridized carbons (Fsp3) is 0.333. The lowest BCUT2D eigenvalue weighted by Crippen LogP contribution is -2.38. The van der Waals surface area contributed by atoms with Crippen molar-refractivity contribution < 1.29 is 19.1 Å². The van der Waals surface area contributed by atoms with Crippen LogP contribution in [-0.2, 0) is 9.53 Å². The molecular weight excluding hydrogens is 352 g/mol. The molecule has 136 valence electrons. The van der Waals surface area contributed by atoms with Gasteiger partial charge < -0.3 is 9.47 Å². The van der Waals surface area contributed by atoms with E-state index in [0.717, 1.165) is 25.7 Å². The number of hydrogen-bond acceptors (Lipinski definition) is 4. The minimum atomic E-state index is -0.283. The molecule has 0 amide bonds. The molecule has 1 fully saturated rings. The second-order valence-electron chi connectivity index (χ2n) is 6.45. The quantitative estimate of drug-likeness (QED) is 0.557. The maximum atomic E-state index is 12.5. The predicted octanol–water partition coefficient (Wildman–Crippen LogP) is 4.82. The van der Waals surface area contributed by atoms with Gasteiger partial charge in [0.2, 0.25) is 0 Å². The molecular formula is C21H21ClO4. The molecule has 1 aliphatic rings. The number of ketones is 1. The summed E-state index contributed by atoms with van der Waals surface area (Å²) < 4.78 is 11.4. The summed E-state index contributed by atoms with van der Waals surface area (Å²) in [6.45, 7) is 1.42. The van der Waals surface area contributed by atoms with Crippen LogP contribution in [0.4, 0.5) is 0 Å². The van der Waals surface area contributed by atoms with E-state index in [0.29, 0.717) is 21.9 Å². The summed E-state index contributed by atoms with van der Waals surface area (Å²) in [5.74, 6) is 0.319. The lowest BCUT2D eigenvalue weighted by Gasteiger charge is -2.31. The maximum Gasteiger partial charge on any atom is 0.303 e. The Balaban J connectivity index is 1.68. The van der Waals surface area contributed by atoms with Crippen LogP contribution in [-0.4, -0.2) is 24.0 Å². The molecule has 2 atom stereocenters. The van der Waals surface area contributed by atoms with Crippen LogP contribution in [0, 0.1) is 0 Å². The van der Waals surface area contributed by atoms with Gasteiger partial charge in [0.15, 0.2) is 5.78 Å². The number of rotatable bonds is 5. The maximum absolute atomic E-state index is 12.5. The second-order valence-corrected chi connectivity index (χ2v) is 6.89. The molecule has 0 aromatic heterocycles. The van der Waals surface area contributed by atoms with Gasteiger partial charge in [-0.25, -0.2) is 0 Å². The third kappa shape index (κ3) is 4.64. The van der Waals surface area contributed by atoms with Crippen molar-refractivity contribution in [3.8, 4) is 5.75 Å². The molecule has 5 heteroatoms. The highest BCUT2D eigenvalue weighted by molar-refractivity contribution is 6.30. The van der Waals surface area contributed by atoms with E-state index in [1.807, 2.05) is 0 Å². The first-order valence-corrected chi connectivity index (χ1v) is 9.15. The van der Waals surface area contributed by atoms with Crippen molar-refractivity contribution in [1.29, 1.82) is 0 Å². The SMILES string of the molecule is CC(=O)OC1CCCCC1Oc1ccc(C(=O)c2ccc(Cl)cc2)cc1. The van der Waals surface area contributed by atoms with Gasteiger partial charge in [-0.3, -0.25) is 9.59 Å². The Morgan fingerprint density at radius 2 is 1.42 bits per heavy atom. The highest BCUT2D eigenvalue weighted by Gasteiger charge is 2.29. The molecule has 0 bridgehead atoms. The van der Waals surface area contributed by atoms with E-state index < -0.39 is 0 Å². The third-order valence-corrected chi connectivity index (χ3v) is 4.72. The number of hydrogen-bond donors (Lipinski definition) is 0. The van der Waals surface area contributed by atoms with Gasteiger partial charge in [-0.05, 0) is 74.2 Å². The van der Waals surface area contributed by atoms with Gasteiger partial charge in [0.1, 0.15) is 18.0 Å². The van der Waals surface area contributed by atoms with E-state index in [2.05, 4.69) is 0 Å². The van der Waals surface area contributed by atoms with Crippen LogP contribution in [0.2, 0.25) is 5.02 Å². The third-order valence-electron chi connectivity index (χ3n) is 4.47. The number of ether oxygens (including phenoxy) is 2. The average Bonchev–Trinajstić information content (AvgIpc) is 2.64. The fourth-order valence-electron chi connectivity index (χ4n) is 3.17. The highest BCUT2D eigenvalue weighted by Crippen LogP contribution is 2.26. The molecule has 2 aromatic rings. The van der Waals surface area contributed by atoms with Crippen molar-refractivity contribution in [2.75, 3.05) is 0 Å². The summed E-state index contributed by atoms with van der Waals surface area (Å²) in [4.78, 5) is 23.8. The molecule has 0 saturated heterocycles. The molecule has 4 nitrogen and oxygen atoms in total. The van der Waals surface area contributed by atoms with Crippen LogP contribution in [0.3, 0.4) is 0 Å². The highest BCUT2D eigenvalue weighted by atomic mass is 35.5. The van der Waals surface area contributed by atoms with Crippen LogP contribution in [0.1, 0.15) is 48.5 Å². The summed E-state index contributed by atoms with van der Waals surface area (Å²) in [5.41, 5.74) is 1.17. The average molecular weight is 373 g/mol. The molecule has 2 unspecified atom stereocenters. The van der Waals surface area contributed by atoms with Crippen LogP contribution in [0.25, 0.3) is 0 Å². The summed E-state index contributed by atoms with van der Waals surface area (Å²) >= 11 is 5.86. The van der Waals surface area contributed by atoms with Crippen molar-refractivity contribution in [3.63, 3.8) is 0 Å². The monoisotopic (exact) mass is 372 g/mol. The largest absolute Gasteiger partial charge is 0.487 e. The molecule has 0 N–H and O–H groups in total. The Labute approximate surface area is 158 Å². The van der Waals surface area contributed by atoms with E-state index in [4.69, 9.17) is 21.1 Å². The summed E-state index contributed by atoms with van der Waals surface area (Å²) in [5, 5.41) is 0.597. The summed E-state index contributed by atoms with van der Waals surface area (Å²) in [6, 6.07) is 13.9. The summed E-state index contributed by atoms with van der Waals surface area (Å²) in [7, 11) is 0. The van der Waals surface area contributed by atoms with Gasteiger partial charge in [-0.15, -0.1) is 0 Å². The Hall–Kier alpha value is -2.33. The zero-order valence-electron chi connectivity index (χ0n) is 14.6. The molecule has 26 heavy (non-hydrogen) atoms. The first-order chi connectivity index (χ1) is 12.5. The first kappa shape index (κ1) is 18.5. The van der Waals surface area contributed by atoms with Crippen LogP contribution < -0.4 is 4.74 Å². The Bertz CT molecular complexity index is 768. The number of halogens is 1. The van der Waals surface area contributed by atoms with Gasteiger partial charge in [-0.2, -0.15) is 0 Å². The Morgan fingerprint density at radius 1 is 0.885 bits per heavy atom. The topological polar surface area (TPSA) is 52.6 Å². The minimum absolute atomic E-state index is 0.0660. The fourth-order valence-corrected chi connectivity index (χ4v) is 3.30. The van der Waals surface area contributed by atoms with Crippen LogP contribution in [0.15, 0.2) is 48.5 Å². The first-order valence-electron chi connectivity index (χ1n) is 8.77. The standard InChI is InChI=1S/C21H21ClO4/c1-14(23)25-19-4-2-3-5-20(19)26-18-12-8-16(9-13-18)21(24)15-6-10-17(22)11-7-15/h6-13,19-20H,2-5H2,1H3. The van der Waals surface area contributed by atoms with E-state index in [9.17, 15) is 9.59 Å². The number of benzene rings is 2. The van der Waals surface area contributed by atoms with Crippen LogP contribution >= 0.6 is 11.6 Å². The molecule has 2 aromatic carbocycles. The van der Waals surface area contributed by atoms with Crippen molar-refractivity contribution in [3.05, 3.63) is 64.7 Å². The molecule has 3 rings (SSSR count). The van der Waals surface area contributed by atoms with E-state index in [1.54, 1.807) is 48.5 Å². The molecule has 1 saturated carbocycles. The zero-order chi connectivity index (χ0) is 18.5. The van der Waals surface area contributed by atoms with Crippen molar-refractivity contribution in [2.24, 2.45) is 0 Å². The van der Waals surface area contributed by atoms with Gasteiger partial charge in [0.05, 0.1) is 0 Å². The van der Waals surface area contributed by atoms with Crippen LogP contribution in [0.5, 0.6) is 5.75 Å². The van der Waals surface area contributed by atoms with Crippen molar-refractivity contribution in [2.45, 2.75) is 44.8 Å². The molecule has 0 spiro atoms. The number of carbonyl (C=O) groups excluding carboxylic acids is 2. The van der Waals surface area contributed by atoms with Gasteiger partial charge in [0.25, 0.3) is 0 Å².